The summed E-state index contributed by atoms with van der Waals surface area (Å²) in [5.41, 5.74) is 2.07. The lowest BCUT2D eigenvalue weighted by molar-refractivity contribution is 0.625. The first-order valence-electron chi connectivity index (χ1n) is 9.27. The molecular formula is C21H26FIN6. The fraction of sp³-hybridized carbons (Fsp3) is 0.286. The summed E-state index contributed by atoms with van der Waals surface area (Å²) in [7, 11) is 1.94. The molecule has 0 saturated carbocycles. The lowest BCUT2D eigenvalue weighted by Crippen LogP contribution is -2.38. The van der Waals surface area contributed by atoms with Gasteiger partial charge in [-0.15, -0.1) is 34.2 Å². The number of rotatable bonds is 7. The lowest BCUT2D eigenvalue weighted by atomic mass is 10.1. The van der Waals surface area contributed by atoms with E-state index in [1.807, 2.05) is 54.9 Å². The predicted molar refractivity (Wildman–Crippen MR) is 124 cm³/mol. The van der Waals surface area contributed by atoms with Gasteiger partial charge in [0.15, 0.2) is 11.8 Å². The molecule has 0 saturated heterocycles. The second-order valence-electron chi connectivity index (χ2n) is 6.53. The molecule has 1 aromatic heterocycles. The van der Waals surface area contributed by atoms with Crippen LogP contribution >= 0.6 is 24.0 Å². The molecule has 2 N–H and O–H groups in total. The van der Waals surface area contributed by atoms with Crippen molar-refractivity contribution in [3.8, 4) is 0 Å². The Morgan fingerprint density at radius 2 is 1.79 bits per heavy atom. The first-order chi connectivity index (χ1) is 13.6. The largest absolute Gasteiger partial charge is 0.356 e. The third kappa shape index (κ3) is 7.12. The number of hydrogen-bond donors (Lipinski definition) is 2. The van der Waals surface area contributed by atoms with Gasteiger partial charge in [-0.25, -0.2) is 9.38 Å². The number of hydrogen-bond acceptors (Lipinski definition) is 3. The van der Waals surface area contributed by atoms with Crippen molar-refractivity contribution in [2.45, 2.75) is 26.4 Å². The molecule has 6 nitrogen and oxygen atoms in total. The number of nitrogens with zero attached hydrogens (tertiary/aromatic N) is 4. The van der Waals surface area contributed by atoms with Gasteiger partial charge in [-0.2, -0.15) is 0 Å². The van der Waals surface area contributed by atoms with E-state index < -0.39 is 0 Å². The molecule has 154 valence electrons. The van der Waals surface area contributed by atoms with Crippen LogP contribution < -0.4 is 10.6 Å². The summed E-state index contributed by atoms with van der Waals surface area (Å²) in [6.45, 7) is 3.63. The number of aryl methyl sites for hydroxylation is 1. The molecule has 1 heterocycles. The van der Waals surface area contributed by atoms with Gasteiger partial charge >= 0.3 is 0 Å². The molecule has 3 rings (SSSR count). The van der Waals surface area contributed by atoms with Crippen LogP contribution in [-0.4, -0.2) is 27.3 Å². The van der Waals surface area contributed by atoms with Crippen molar-refractivity contribution in [1.82, 2.24) is 25.4 Å². The number of aliphatic imine (C=N–C) groups is 1. The molecule has 0 amide bonds. The highest BCUT2D eigenvalue weighted by atomic mass is 127. The standard InChI is InChI=1S/C21H25FN6.HI/c1-16-26-27-20(28(16)2)15-25-21(24-14-18-7-4-3-5-8-18)23-12-11-17-9-6-10-19(22)13-17;/h3-10,13H,11-12,14-15H2,1-2H3,(H2,23,24,25);1H. The molecule has 3 aromatic rings. The minimum absolute atomic E-state index is 0. The maximum absolute atomic E-state index is 13.3. The van der Waals surface area contributed by atoms with E-state index in [0.717, 1.165) is 22.8 Å². The zero-order valence-corrected chi connectivity index (χ0v) is 18.9. The van der Waals surface area contributed by atoms with Crippen molar-refractivity contribution >= 4 is 29.9 Å². The summed E-state index contributed by atoms with van der Waals surface area (Å²) in [6, 6.07) is 16.7. The summed E-state index contributed by atoms with van der Waals surface area (Å²) < 4.78 is 15.3. The Morgan fingerprint density at radius 3 is 2.48 bits per heavy atom. The first kappa shape index (κ1) is 22.8. The van der Waals surface area contributed by atoms with Gasteiger partial charge in [0, 0.05) is 13.6 Å². The Bertz CT molecular complexity index is 926. The SMILES string of the molecule is Cc1nnc(CNC(=NCc2ccccc2)NCCc2cccc(F)c2)n1C.I. The molecule has 0 aliphatic carbocycles. The molecule has 0 spiro atoms. The van der Waals surface area contributed by atoms with E-state index in [9.17, 15) is 4.39 Å². The lowest BCUT2D eigenvalue weighted by Gasteiger charge is -2.13. The fourth-order valence-electron chi connectivity index (χ4n) is 2.71. The highest BCUT2D eigenvalue weighted by Crippen LogP contribution is 2.04. The van der Waals surface area contributed by atoms with Crippen molar-refractivity contribution in [3.63, 3.8) is 0 Å². The van der Waals surface area contributed by atoms with E-state index in [1.165, 1.54) is 6.07 Å². The average Bonchev–Trinajstić information content (AvgIpc) is 3.02. The number of guanidine groups is 1. The zero-order valence-electron chi connectivity index (χ0n) is 16.6. The minimum Gasteiger partial charge on any atom is -0.356 e. The van der Waals surface area contributed by atoms with Gasteiger partial charge in [-0.3, -0.25) is 0 Å². The van der Waals surface area contributed by atoms with Gasteiger partial charge in [0.05, 0.1) is 13.1 Å². The Kier molecular flexibility index (Phi) is 9.04. The Labute approximate surface area is 187 Å². The fourth-order valence-corrected chi connectivity index (χ4v) is 2.71. The quantitative estimate of drug-likeness (QED) is 0.292. The van der Waals surface area contributed by atoms with Crippen molar-refractivity contribution in [2.24, 2.45) is 12.0 Å². The molecular weight excluding hydrogens is 482 g/mol. The van der Waals surface area contributed by atoms with Crippen molar-refractivity contribution in [1.29, 1.82) is 0 Å². The normalized spacial score (nSPS) is 11.1. The van der Waals surface area contributed by atoms with Crippen molar-refractivity contribution in [2.75, 3.05) is 6.54 Å². The molecule has 0 bridgehead atoms. The van der Waals surface area contributed by atoms with Crippen LogP contribution in [0, 0.1) is 12.7 Å². The number of benzene rings is 2. The van der Waals surface area contributed by atoms with Gasteiger partial charge in [-0.05, 0) is 36.6 Å². The Balaban J connectivity index is 0.00000300. The molecule has 0 radical (unpaired) electrons. The smallest absolute Gasteiger partial charge is 0.191 e. The van der Waals surface area contributed by atoms with E-state index in [1.54, 1.807) is 12.1 Å². The molecule has 29 heavy (non-hydrogen) atoms. The van der Waals surface area contributed by atoms with Crippen LogP contribution in [0.5, 0.6) is 0 Å². The van der Waals surface area contributed by atoms with E-state index >= 15 is 0 Å². The molecule has 0 aliphatic rings. The highest BCUT2D eigenvalue weighted by molar-refractivity contribution is 14.0. The van der Waals surface area contributed by atoms with Crippen LogP contribution in [0.3, 0.4) is 0 Å². The number of halogens is 2. The number of aromatic nitrogens is 3. The molecule has 0 unspecified atom stereocenters. The van der Waals surface area contributed by atoms with E-state index in [2.05, 4.69) is 25.8 Å². The van der Waals surface area contributed by atoms with Crippen LogP contribution in [-0.2, 0) is 26.6 Å². The van der Waals surface area contributed by atoms with Gasteiger partial charge in [-0.1, -0.05) is 42.5 Å². The monoisotopic (exact) mass is 508 g/mol. The topological polar surface area (TPSA) is 67.1 Å². The van der Waals surface area contributed by atoms with Gasteiger partial charge in [0.2, 0.25) is 0 Å². The maximum Gasteiger partial charge on any atom is 0.191 e. The molecule has 0 fully saturated rings. The first-order valence-corrected chi connectivity index (χ1v) is 9.27. The second-order valence-corrected chi connectivity index (χ2v) is 6.53. The summed E-state index contributed by atoms with van der Waals surface area (Å²) in [4.78, 5) is 4.66. The van der Waals surface area contributed by atoms with Crippen LogP contribution in [0.25, 0.3) is 0 Å². The molecule has 2 aromatic carbocycles. The summed E-state index contributed by atoms with van der Waals surface area (Å²) in [6.07, 6.45) is 0.701. The second kappa shape index (κ2) is 11.5. The van der Waals surface area contributed by atoms with Crippen LogP contribution in [0.1, 0.15) is 22.8 Å². The zero-order chi connectivity index (χ0) is 19.8. The van der Waals surface area contributed by atoms with Crippen LogP contribution in [0.4, 0.5) is 4.39 Å². The van der Waals surface area contributed by atoms with Crippen LogP contribution in [0.15, 0.2) is 59.6 Å². The summed E-state index contributed by atoms with van der Waals surface area (Å²) in [5, 5.41) is 14.9. The molecule has 0 atom stereocenters. The van der Waals surface area contributed by atoms with E-state index in [0.29, 0.717) is 32.0 Å². The van der Waals surface area contributed by atoms with E-state index in [-0.39, 0.29) is 29.8 Å². The minimum atomic E-state index is -0.216. The van der Waals surface area contributed by atoms with Gasteiger partial charge < -0.3 is 15.2 Å². The third-order valence-electron chi connectivity index (χ3n) is 4.45. The summed E-state index contributed by atoms with van der Waals surface area (Å²) >= 11 is 0. The highest BCUT2D eigenvalue weighted by Gasteiger charge is 2.06. The van der Waals surface area contributed by atoms with Gasteiger partial charge in [0.1, 0.15) is 11.6 Å². The predicted octanol–water partition coefficient (Wildman–Crippen LogP) is 3.36. The van der Waals surface area contributed by atoms with Gasteiger partial charge in [0.25, 0.3) is 0 Å². The Hall–Kier alpha value is -2.49. The van der Waals surface area contributed by atoms with Crippen molar-refractivity contribution in [3.05, 3.63) is 83.2 Å². The molecule has 8 heteroatoms. The summed E-state index contributed by atoms with van der Waals surface area (Å²) in [5.74, 6) is 2.16. The number of nitrogens with one attached hydrogen (secondary N) is 2. The Morgan fingerprint density at radius 1 is 1.03 bits per heavy atom. The molecule has 0 aliphatic heterocycles. The van der Waals surface area contributed by atoms with Crippen LogP contribution in [0.2, 0.25) is 0 Å². The van der Waals surface area contributed by atoms with Crippen molar-refractivity contribution < 1.29 is 4.39 Å². The van der Waals surface area contributed by atoms with E-state index in [4.69, 9.17) is 0 Å². The average molecular weight is 508 g/mol. The maximum atomic E-state index is 13.3. The third-order valence-corrected chi connectivity index (χ3v) is 4.45.